The lowest BCUT2D eigenvalue weighted by atomic mass is 10.1. The van der Waals surface area contributed by atoms with E-state index in [0.29, 0.717) is 0 Å². The Morgan fingerprint density at radius 2 is 1.94 bits per heavy atom. The Balaban J connectivity index is 1.45. The second-order valence-corrected chi connectivity index (χ2v) is 10.8. The van der Waals surface area contributed by atoms with Gasteiger partial charge in [0, 0.05) is 12.8 Å². The molecule has 5 atom stereocenters. The minimum absolute atomic E-state index is 0.132. The van der Waals surface area contributed by atoms with Gasteiger partial charge in [-0.15, -0.1) is 5.10 Å². The normalized spacial score (nSPS) is 27.7. The fourth-order valence-electron chi connectivity index (χ4n) is 4.69. The molecule has 1 spiro atoms. The third kappa shape index (κ3) is 5.62. The number of aromatic nitrogens is 3. The standard InChI is InChI=1S/C23H35N5O8/c1-12(2)14(26-21(31)36-22(3,4)5)20(30)32-10-13-15-16(35-23(34-15)8-6-7-9-23)19(33-13)28-11-25-18(27-28)17(24)29/h11-16,19H,6-10H2,1-5H3,(H2,24,29)(H,26,31)/t13-,14-,15-,16-,19-/m0/s1/i17+2. The van der Waals surface area contributed by atoms with Gasteiger partial charge < -0.3 is 34.7 Å². The van der Waals surface area contributed by atoms with E-state index in [1.54, 1.807) is 34.6 Å². The summed E-state index contributed by atoms with van der Waals surface area (Å²) < 4.78 is 31.0. The summed E-state index contributed by atoms with van der Waals surface area (Å²) in [6.07, 6.45) is 1.60. The van der Waals surface area contributed by atoms with E-state index in [1.807, 2.05) is 0 Å². The van der Waals surface area contributed by atoms with Crippen LogP contribution in [0.4, 0.5) is 4.79 Å². The van der Waals surface area contributed by atoms with Gasteiger partial charge in [-0.1, -0.05) is 13.8 Å². The highest BCUT2D eigenvalue weighted by molar-refractivity contribution is 5.88. The molecule has 3 fully saturated rings. The Kier molecular flexibility index (Phi) is 7.26. The first-order valence-electron chi connectivity index (χ1n) is 12.3. The molecule has 3 aliphatic rings. The zero-order chi connectivity index (χ0) is 26.3. The fourth-order valence-corrected chi connectivity index (χ4v) is 4.69. The molecule has 0 aromatic carbocycles. The van der Waals surface area contributed by atoms with Crippen LogP contribution in [-0.2, 0) is 28.5 Å². The van der Waals surface area contributed by atoms with Crippen molar-refractivity contribution < 1.29 is 38.1 Å². The molecule has 200 valence electrons. The van der Waals surface area contributed by atoms with Gasteiger partial charge in [0.05, 0.1) is 0 Å². The van der Waals surface area contributed by atoms with Crippen molar-refractivity contribution in [2.24, 2.45) is 11.7 Å². The second-order valence-electron chi connectivity index (χ2n) is 10.8. The number of carbonyl (C=O) groups is 3. The molecule has 36 heavy (non-hydrogen) atoms. The number of nitrogens with one attached hydrogen (secondary N) is 1. The average molecular weight is 512 g/mol. The van der Waals surface area contributed by atoms with Crippen LogP contribution in [-0.4, -0.2) is 75.1 Å². The summed E-state index contributed by atoms with van der Waals surface area (Å²) >= 11 is 0. The van der Waals surface area contributed by atoms with Gasteiger partial charge in [0.1, 0.15) is 42.9 Å². The second kappa shape index (κ2) is 9.94. The van der Waals surface area contributed by atoms with Crippen molar-refractivity contribution in [3.8, 4) is 0 Å². The van der Waals surface area contributed by atoms with Gasteiger partial charge in [0.25, 0.3) is 5.91 Å². The number of amides is 2. The minimum atomic E-state index is -0.914. The van der Waals surface area contributed by atoms with Crippen LogP contribution in [0.25, 0.3) is 0 Å². The zero-order valence-corrected chi connectivity index (χ0v) is 21.3. The van der Waals surface area contributed by atoms with Crippen molar-refractivity contribution in [3.63, 3.8) is 0 Å². The first kappa shape index (κ1) is 26.3. The molecular formula is C23H35N5O8. The number of hydrogen-bond acceptors (Lipinski definition) is 10. The van der Waals surface area contributed by atoms with Crippen molar-refractivity contribution in [3.05, 3.63) is 12.2 Å². The lowest BCUT2D eigenvalue weighted by Gasteiger charge is -2.27. The summed E-state index contributed by atoms with van der Waals surface area (Å²) in [5.41, 5.74) is 4.58. The van der Waals surface area contributed by atoms with Crippen molar-refractivity contribution in [2.75, 3.05) is 6.61 Å². The molecule has 2 saturated heterocycles. The van der Waals surface area contributed by atoms with Crippen LogP contribution in [0, 0.1) is 5.92 Å². The van der Waals surface area contributed by atoms with Crippen LogP contribution in [0.2, 0.25) is 0 Å². The lowest BCUT2D eigenvalue weighted by molar-refractivity contribution is -0.218. The molecular weight excluding hydrogens is 476 g/mol. The van der Waals surface area contributed by atoms with Crippen molar-refractivity contribution in [1.82, 2.24) is 20.1 Å². The van der Waals surface area contributed by atoms with Crippen molar-refractivity contribution in [1.29, 1.82) is 0 Å². The Labute approximate surface area is 209 Å². The SMILES string of the molecule is CC(C)[C@H](NC(=O)OC(C)(C)C)C(=O)OC[C@@H]1O[C@H](n2cnc([14C](N)=O)n2)[C@H]2OC3(CCCC3)O[C@H]21. The summed E-state index contributed by atoms with van der Waals surface area (Å²) in [4.78, 5) is 40.5. The van der Waals surface area contributed by atoms with Crippen molar-refractivity contribution >= 4 is 18.0 Å². The predicted molar refractivity (Wildman–Crippen MR) is 122 cm³/mol. The topological polar surface area (TPSA) is 166 Å². The largest absolute Gasteiger partial charge is 0.461 e. The number of nitrogens with zero attached hydrogens (tertiary/aromatic N) is 3. The highest BCUT2D eigenvalue weighted by atomic mass is 16.8. The van der Waals surface area contributed by atoms with Crippen molar-refractivity contribution in [2.45, 2.75) is 102 Å². The maximum atomic E-state index is 12.9. The zero-order valence-electron chi connectivity index (χ0n) is 21.3. The number of alkyl carbamates (subject to hydrolysis) is 1. The van der Waals surface area contributed by atoms with Crippen LogP contribution in [0.3, 0.4) is 0 Å². The van der Waals surface area contributed by atoms with Crippen LogP contribution in [0.15, 0.2) is 6.33 Å². The van der Waals surface area contributed by atoms with Gasteiger partial charge in [0.15, 0.2) is 12.0 Å². The van der Waals surface area contributed by atoms with Gasteiger partial charge in [-0.3, -0.25) is 4.79 Å². The van der Waals surface area contributed by atoms with Gasteiger partial charge in [0.2, 0.25) is 5.82 Å². The number of carbonyl (C=O) groups excluding carboxylic acids is 3. The van der Waals surface area contributed by atoms with Crippen LogP contribution >= 0.6 is 0 Å². The molecule has 0 bridgehead atoms. The molecule has 13 heteroatoms. The number of hydrogen-bond donors (Lipinski definition) is 2. The monoisotopic (exact) mass is 511 g/mol. The van der Waals surface area contributed by atoms with E-state index in [-0.39, 0.29) is 18.3 Å². The first-order valence-corrected chi connectivity index (χ1v) is 12.3. The molecule has 1 aromatic heterocycles. The molecule has 1 aliphatic carbocycles. The molecule has 13 nitrogen and oxygen atoms in total. The van der Waals surface area contributed by atoms with E-state index in [4.69, 9.17) is 29.4 Å². The van der Waals surface area contributed by atoms with E-state index in [0.717, 1.165) is 25.7 Å². The highest BCUT2D eigenvalue weighted by Crippen LogP contribution is 2.49. The molecule has 4 rings (SSSR count). The fraction of sp³-hybridized carbons (Fsp3) is 0.783. The molecule has 1 aromatic rings. The first-order chi connectivity index (χ1) is 16.9. The van der Waals surface area contributed by atoms with Crippen LogP contribution in [0.5, 0.6) is 0 Å². The molecule has 0 radical (unpaired) electrons. The molecule has 3 N–H and O–H groups in total. The Morgan fingerprint density at radius 3 is 2.53 bits per heavy atom. The smallest absolute Gasteiger partial charge is 0.408 e. The third-order valence-electron chi connectivity index (χ3n) is 6.32. The molecule has 1 saturated carbocycles. The van der Waals surface area contributed by atoms with E-state index < -0.39 is 59.9 Å². The predicted octanol–water partition coefficient (Wildman–Crippen LogP) is 1.42. The average Bonchev–Trinajstić information content (AvgIpc) is 3.54. The summed E-state index contributed by atoms with van der Waals surface area (Å²) in [5, 5.41) is 6.69. The van der Waals surface area contributed by atoms with Gasteiger partial charge in [-0.2, -0.15) is 0 Å². The lowest BCUT2D eigenvalue weighted by Crippen LogP contribution is -2.48. The summed E-state index contributed by atoms with van der Waals surface area (Å²) in [6, 6.07) is -0.914. The quantitative estimate of drug-likeness (QED) is 0.511. The maximum absolute atomic E-state index is 12.9. The number of rotatable bonds is 7. The molecule has 0 unspecified atom stereocenters. The maximum Gasteiger partial charge on any atom is 0.408 e. The van der Waals surface area contributed by atoms with E-state index in [2.05, 4.69) is 15.4 Å². The van der Waals surface area contributed by atoms with Crippen LogP contribution < -0.4 is 11.1 Å². The Morgan fingerprint density at radius 1 is 1.28 bits per heavy atom. The number of primary amides is 1. The minimum Gasteiger partial charge on any atom is -0.461 e. The summed E-state index contributed by atoms with van der Waals surface area (Å²) in [5.74, 6) is -2.49. The third-order valence-corrected chi connectivity index (χ3v) is 6.32. The Bertz CT molecular complexity index is 983. The number of ether oxygens (including phenoxy) is 5. The van der Waals surface area contributed by atoms with E-state index in [1.165, 1.54) is 11.0 Å². The molecule has 2 amide bonds. The summed E-state index contributed by atoms with van der Waals surface area (Å²) in [6.45, 7) is 8.67. The molecule has 3 heterocycles. The van der Waals surface area contributed by atoms with Crippen LogP contribution in [0.1, 0.15) is 77.1 Å². The van der Waals surface area contributed by atoms with E-state index in [9.17, 15) is 14.4 Å². The number of esters is 1. The van der Waals surface area contributed by atoms with E-state index >= 15 is 0 Å². The number of nitrogens with two attached hydrogens (primary N) is 1. The van der Waals surface area contributed by atoms with Gasteiger partial charge >= 0.3 is 12.1 Å². The number of fused-ring (bicyclic) bond motifs is 1. The Hall–Kier alpha value is -2.77. The van der Waals surface area contributed by atoms with Gasteiger partial charge in [-0.05, 0) is 39.5 Å². The van der Waals surface area contributed by atoms with Gasteiger partial charge in [-0.25, -0.2) is 19.3 Å². The summed E-state index contributed by atoms with van der Waals surface area (Å²) in [7, 11) is 0. The highest BCUT2D eigenvalue weighted by Gasteiger charge is 2.60. The molecule has 2 aliphatic heterocycles.